The van der Waals surface area contributed by atoms with Crippen LogP contribution in [-0.2, 0) is 11.2 Å². The second-order valence-electron chi connectivity index (χ2n) is 5.86. The van der Waals surface area contributed by atoms with Crippen LogP contribution in [0, 0.1) is 0 Å². The normalized spacial score (nSPS) is 10.9. The van der Waals surface area contributed by atoms with Gasteiger partial charge >= 0.3 is 0 Å². The lowest BCUT2D eigenvalue weighted by Gasteiger charge is -2.04. The Kier molecular flexibility index (Phi) is 5.39. The van der Waals surface area contributed by atoms with Gasteiger partial charge < -0.3 is 11.1 Å². The summed E-state index contributed by atoms with van der Waals surface area (Å²) >= 11 is 0. The summed E-state index contributed by atoms with van der Waals surface area (Å²) in [4.78, 5) is 27.6. The van der Waals surface area contributed by atoms with E-state index >= 15 is 0 Å². The van der Waals surface area contributed by atoms with Crippen molar-refractivity contribution in [2.75, 3.05) is 6.54 Å². The first-order chi connectivity index (χ1) is 12.6. The van der Waals surface area contributed by atoms with Crippen LogP contribution in [0.1, 0.15) is 21.5 Å². The number of pyridine rings is 1. The Hall–Kier alpha value is -3.47. The molecule has 0 radical (unpaired) electrons. The van der Waals surface area contributed by atoms with E-state index in [4.69, 9.17) is 5.73 Å². The second-order valence-corrected chi connectivity index (χ2v) is 5.86. The Morgan fingerprint density at radius 1 is 1.08 bits per heavy atom. The van der Waals surface area contributed by atoms with E-state index in [9.17, 15) is 9.59 Å². The van der Waals surface area contributed by atoms with Crippen LogP contribution in [-0.4, -0.2) is 23.3 Å². The molecular formula is C21H19N3O2. The van der Waals surface area contributed by atoms with E-state index in [1.807, 2.05) is 36.4 Å². The topological polar surface area (TPSA) is 85.1 Å². The number of rotatable bonds is 6. The number of hydrogen-bond donors (Lipinski definition) is 2. The first kappa shape index (κ1) is 17.4. The third kappa shape index (κ3) is 4.33. The number of nitrogens with zero attached hydrogens (tertiary/aromatic N) is 1. The van der Waals surface area contributed by atoms with Crippen molar-refractivity contribution in [1.29, 1.82) is 0 Å². The fourth-order valence-electron chi connectivity index (χ4n) is 2.70. The van der Waals surface area contributed by atoms with Crippen LogP contribution in [0.3, 0.4) is 0 Å². The van der Waals surface area contributed by atoms with Crippen LogP contribution in [0.4, 0.5) is 0 Å². The number of amides is 2. The zero-order valence-electron chi connectivity index (χ0n) is 14.2. The molecule has 130 valence electrons. The van der Waals surface area contributed by atoms with Gasteiger partial charge in [0.05, 0.1) is 5.52 Å². The molecule has 3 N–H and O–H groups in total. The highest BCUT2D eigenvalue weighted by molar-refractivity contribution is 5.95. The van der Waals surface area contributed by atoms with Crippen molar-refractivity contribution in [2.24, 2.45) is 5.73 Å². The Labute approximate surface area is 151 Å². The first-order valence-electron chi connectivity index (χ1n) is 8.32. The molecule has 0 spiro atoms. The van der Waals surface area contributed by atoms with Gasteiger partial charge in [-0.15, -0.1) is 0 Å². The summed E-state index contributed by atoms with van der Waals surface area (Å²) in [6.45, 7) is 0.471. The predicted octanol–water partition coefficient (Wildman–Crippen LogP) is 2.71. The third-order valence-corrected chi connectivity index (χ3v) is 4.00. The Morgan fingerprint density at radius 2 is 1.88 bits per heavy atom. The third-order valence-electron chi connectivity index (χ3n) is 4.00. The molecule has 2 amide bonds. The van der Waals surface area contributed by atoms with Gasteiger partial charge in [-0.3, -0.25) is 14.6 Å². The van der Waals surface area contributed by atoms with Crippen molar-refractivity contribution in [3.63, 3.8) is 0 Å². The maximum Gasteiger partial charge on any atom is 0.248 e. The van der Waals surface area contributed by atoms with Crippen LogP contribution < -0.4 is 11.1 Å². The molecule has 26 heavy (non-hydrogen) atoms. The largest absolute Gasteiger partial charge is 0.366 e. The molecule has 0 saturated carbocycles. The molecule has 5 heteroatoms. The van der Waals surface area contributed by atoms with Crippen molar-refractivity contribution < 1.29 is 9.59 Å². The fourth-order valence-corrected chi connectivity index (χ4v) is 2.70. The van der Waals surface area contributed by atoms with E-state index in [1.54, 1.807) is 30.5 Å². The van der Waals surface area contributed by atoms with Crippen LogP contribution in [0.2, 0.25) is 0 Å². The highest BCUT2D eigenvalue weighted by Crippen LogP contribution is 2.16. The van der Waals surface area contributed by atoms with Gasteiger partial charge in [0.25, 0.3) is 0 Å². The fraction of sp³-hybridized carbons (Fsp3) is 0.0952. The minimum atomic E-state index is -0.456. The molecule has 5 nitrogen and oxygen atoms in total. The SMILES string of the molecule is NC(=O)c1cccc(CCNC(=O)C=Cc2cccc3cccnc23)c1. The summed E-state index contributed by atoms with van der Waals surface area (Å²) in [5.74, 6) is -0.633. The van der Waals surface area contributed by atoms with E-state index in [0.717, 1.165) is 22.0 Å². The molecule has 0 aliphatic rings. The van der Waals surface area contributed by atoms with Gasteiger partial charge in [0.15, 0.2) is 0 Å². The smallest absolute Gasteiger partial charge is 0.248 e. The van der Waals surface area contributed by atoms with Crippen LogP contribution in [0.5, 0.6) is 0 Å². The Morgan fingerprint density at radius 3 is 2.73 bits per heavy atom. The standard InChI is InChI=1S/C21H19N3O2/c22-21(26)18-7-1-4-15(14-18)11-13-23-19(25)10-9-17-6-2-5-16-8-3-12-24-20(16)17/h1-10,12,14H,11,13H2,(H2,22,26)(H,23,25). The monoisotopic (exact) mass is 345 g/mol. The van der Waals surface area contributed by atoms with Gasteiger partial charge in [-0.25, -0.2) is 0 Å². The Balaban J connectivity index is 1.58. The van der Waals surface area contributed by atoms with E-state index in [1.165, 1.54) is 6.08 Å². The van der Waals surface area contributed by atoms with Crippen molar-refractivity contribution in [3.05, 3.63) is 83.6 Å². The van der Waals surface area contributed by atoms with E-state index in [0.29, 0.717) is 18.5 Å². The zero-order chi connectivity index (χ0) is 18.4. The summed E-state index contributed by atoms with van der Waals surface area (Å²) in [5, 5.41) is 3.87. The molecule has 0 unspecified atom stereocenters. The van der Waals surface area contributed by atoms with Crippen molar-refractivity contribution >= 4 is 28.8 Å². The van der Waals surface area contributed by atoms with E-state index < -0.39 is 5.91 Å². The van der Waals surface area contributed by atoms with Gasteiger partial charge in [-0.2, -0.15) is 0 Å². The summed E-state index contributed by atoms with van der Waals surface area (Å²) < 4.78 is 0. The minimum absolute atomic E-state index is 0.177. The predicted molar refractivity (Wildman–Crippen MR) is 102 cm³/mol. The van der Waals surface area contributed by atoms with Gasteiger partial charge in [-0.1, -0.05) is 36.4 Å². The van der Waals surface area contributed by atoms with Crippen LogP contribution in [0.15, 0.2) is 66.9 Å². The van der Waals surface area contributed by atoms with Gasteiger partial charge in [0.1, 0.15) is 0 Å². The maximum atomic E-state index is 12.0. The molecule has 0 aliphatic heterocycles. The number of aromatic nitrogens is 1. The lowest BCUT2D eigenvalue weighted by atomic mass is 10.1. The zero-order valence-corrected chi connectivity index (χ0v) is 14.2. The van der Waals surface area contributed by atoms with Crippen LogP contribution in [0.25, 0.3) is 17.0 Å². The molecule has 3 rings (SSSR count). The van der Waals surface area contributed by atoms with E-state index in [2.05, 4.69) is 10.3 Å². The molecule has 0 fully saturated rings. The quantitative estimate of drug-likeness (QED) is 0.674. The molecule has 1 heterocycles. The maximum absolute atomic E-state index is 12.0. The molecule has 2 aromatic carbocycles. The number of nitrogens with one attached hydrogen (secondary N) is 1. The number of nitrogens with two attached hydrogens (primary N) is 1. The molecule has 0 bridgehead atoms. The Bertz CT molecular complexity index is 974. The van der Waals surface area contributed by atoms with Crippen molar-refractivity contribution in [2.45, 2.75) is 6.42 Å². The number of para-hydroxylation sites is 1. The minimum Gasteiger partial charge on any atom is -0.366 e. The summed E-state index contributed by atoms with van der Waals surface area (Å²) in [7, 11) is 0. The van der Waals surface area contributed by atoms with Gasteiger partial charge in [0, 0.05) is 35.3 Å². The lowest BCUT2D eigenvalue weighted by molar-refractivity contribution is -0.116. The second kappa shape index (κ2) is 8.07. The first-order valence-corrected chi connectivity index (χ1v) is 8.32. The number of benzene rings is 2. The lowest BCUT2D eigenvalue weighted by Crippen LogP contribution is -2.23. The van der Waals surface area contributed by atoms with Gasteiger partial charge in [-0.05, 0) is 36.3 Å². The average molecular weight is 345 g/mol. The van der Waals surface area contributed by atoms with Crippen molar-refractivity contribution in [3.8, 4) is 0 Å². The highest BCUT2D eigenvalue weighted by atomic mass is 16.1. The molecule has 0 aliphatic carbocycles. The summed E-state index contributed by atoms with van der Waals surface area (Å²) in [6.07, 6.45) is 5.62. The molecule has 0 saturated heterocycles. The highest BCUT2D eigenvalue weighted by Gasteiger charge is 2.03. The molecule has 1 aromatic heterocycles. The molecule has 0 atom stereocenters. The summed E-state index contributed by atoms with van der Waals surface area (Å²) in [5.41, 5.74) is 8.45. The van der Waals surface area contributed by atoms with E-state index in [-0.39, 0.29) is 5.91 Å². The average Bonchev–Trinajstić information content (AvgIpc) is 2.66. The molecule has 3 aromatic rings. The number of carbonyl (C=O) groups is 2. The molecular weight excluding hydrogens is 326 g/mol. The van der Waals surface area contributed by atoms with Gasteiger partial charge in [0.2, 0.25) is 11.8 Å². The number of carbonyl (C=O) groups excluding carboxylic acids is 2. The number of primary amides is 1. The number of fused-ring (bicyclic) bond motifs is 1. The number of hydrogen-bond acceptors (Lipinski definition) is 3. The van der Waals surface area contributed by atoms with Crippen molar-refractivity contribution in [1.82, 2.24) is 10.3 Å². The van der Waals surface area contributed by atoms with Crippen LogP contribution >= 0.6 is 0 Å². The summed E-state index contributed by atoms with van der Waals surface area (Å²) in [6, 6.07) is 16.8.